The molecule has 0 aromatic rings. The molecule has 4 heteroatoms. The summed E-state index contributed by atoms with van der Waals surface area (Å²) in [5, 5.41) is 0. The molecule has 0 unspecified atom stereocenters. The van der Waals surface area contributed by atoms with Crippen molar-refractivity contribution in [1.29, 1.82) is 0 Å². The van der Waals surface area contributed by atoms with Crippen molar-refractivity contribution in [1.82, 2.24) is 4.90 Å². The number of nitrogens with zero attached hydrogens (tertiary/aromatic N) is 1. The van der Waals surface area contributed by atoms with Gasteiger partial charge in [-0.2, -0.15) is 0 Å². The first-order chi connectivity index (χ1) is 3.77. The van der Waals surface area contributed by atoms with Gasteiger partial charge in [0.15, 0.2) is 0 Å². The van der Waals surface area contributed by atoms with Gasteiger partial charge in [0.05, 0.1) is 0 Å². The molecule has 0 bridgehead atoms. The Hall–Kier alpha value is 0.620. The second kappa shape index (κ2) is 12.3. The molecular weight excluding hydrogens is 260 g/mol. The monoisotopic (exact) mass is 274 g/mol. The van der Waals surface area contributed by atoms with Gasteiger partial charge in [0, 0.05) is 13.1 Å². The Kier molecular flexibility index (Phi) is 20.8. The van der Waals surface area contributed by atoms with Gasteiger partial charge in [-0.05, 0) is 14.1 Å². The fourth-order valence-electron chi connectivity index (χ4n) is 0.382. The van der Waals surface area contributed by atoms with Crippen LogP contribution in [0.2, 0.25) is 0 Å². The van der Waals surface area contributed by atoms with E-state index in [2.05, 4.69) is 11.0 Å². The van der Waals surface area contributed by atoms with Crippen molar-refractivity contribution in [2.24, 2.45) is 5.73 Å². The van der Waals surface area contributed by atoms with Crippen LogP contribution in [0.5, 0.6) is 0 Å². The lowest BCUT2D eigenvalue weighted by Crippen LogP contribution is -2.10. The fraction of sp³-hybridized carbons (Fsp3) is 0.667. The first kappa shape index (κ1) is 16.9. The molecule has 0 spiro atoms. The molecule has 0 heterocycles. The molecule has 0 radical (unpaired) electrons. The van der Waals surface area contributed by atoms with Gasteiger partial charge in [0.25, 0.3) is 0 Å². The van der Waals surface area contributed by atoms with Crippen molar-refractivity contribution in [3.8, 4) is 0 Å². The molecule has 0 aliphatic heterocycles. The molecular formula is C6H16Br2N2. The highest BCUT2D eigenvalue weighted by molar-refractivity contribution is 8.93. The largest absolute Gasteiger partial charge is 0.327 e. The average Bonchev–Trinajstić information content (AvgIpc) is 1.66. The van der Waals surface area contributed by atoms with E-state index in [1.165, 1.54) is 0 Å². The van der Waals surface area contributed by atoms with Crippen LogP contribution in [0.4, 0.5) is 0 Å². The Morgan fingerprint density at radius 2 is 1.70 bits per heavy atom. The van der Waals surface area contributed by atoms with E-state index in [-0.39, 0.29) is 34.0 Å². The van der Waals surface area contributed by atoms with Gasteiger partial charge in [0.1, 0.15) is 0 Å². The molecule has 2 N–H and O–H groups in total. The number of rotatable bonds is 3. The summed E-state index contributed by atoms with van der Waals surface area (Å²) in [5.41, 5.74) is 5.21. The van der Waals surface area contributed by atoms with Crippen LogP contribution >= 0.6 is 34.0 Å². The third kappa shape index (κ3) is 15.8. The zero-order valence-corrected chi connectivity index (χ0v) is 9.84. The molecule has 0 fully saturated rings. The minimum atomic E-state index is 0. The van der Waals surface area contributed by atoms with Crippen molar-refractivity contribution in [2.75, 3.05) is 27.2 Å². The van der Waals surface area contributed by atoms with Crippen LogP contribution in [0.25, 0.3) is 0 Å². The van der Waals surface area contributed by atoms with Crippen LogP contribution in [0.15, 0.2) is 12.2 Å². The summed E-state index contributed by atoms with van der Waals surface area (Å²) in [6, 6.07) is 0. The highest BCUT2D eigenvalue weighted by Crippen LogP contribution is 1.74. The molecule has 2 nitrogen and oxygen atoms in total. The average molecular weight is 276 g/mol. The second-order valence-electron chi connectivity index (χ2n) is 1.97. The van der Waals surface area contributed by atoms with Gasteiger partial charge in [-0.15, -0.1) is 34.0 Å². The number of hydrogen-bond acceptors (Lipinski definition) is 2. The number of hydrogen-bond donors (Lipinski definition) is 1. The Morgan fingerprint density at radius 3 is 2.00 bits per heavy atom. The maximum atomic E-state index is 5.21. The summed E-state index contributed by atoms with van der Waals surface area (Å²) in [7, 11) is 4.06. The smallest absolute Gasteiger partial charge is 0.0157 e. The van der Waals surface area contributed by atoms with E-state index in [0.717, 1.165) is 6.54 Å². The van der Waals surface area contributed by atoms with Crippen LogP contribution in [0.1, 0.15) is 0 Å². The maximum Gasteiger partial charge on any atom is 0.0157 e. The molecule has 0 aromatic heterocycles. The van der Waals surface area contributed by atoms with E-state index in [1.54, 1.807) is 0 Å². The van der Waals surface area contributed by atoms with Crippen molar-refractivity contribution < 1.29 is 0 Å². The molecule has 0 saturated heterocycles. The Morgan fingerprint density at radius 1 is 1.20 bits per heavy atom. The summed E-state index contributed by atoms with van der Waals surface area (Å²) >= 11 is 0. The molecule has 0 aliphatic rings. The summed E-state index contributed by atoms with van der Waals surface area (Å²) in [5.74, 6) is 0. The molecule has 64 valence electrons. The zero-order valence-electron chi connectivity index (χ0n) is 6.41. The van der Waals surface area contributed by atoms with Crippen molar-refractivity contribution in [3.05, 3.63) is 12.2 Å². The van der Waals surface area contributed by atoms with Gasteiger partial charge >= 0.3 is 0 Å². The first-order valence-corrected chi connectivity index (χ1v) is 2.77. The first-order valence-electron chi connectivity index (χ1n) is 2.77. The predicted octanol–water partition coefficient (Wildman–Crippen LogP) is 1.22. The van der Waals surface area contributed by atoms with E-state index < -0.39 is 0 Å². The van der Waals surface area contributed by atoms with Gasteiger partial charge in [-0.25, -0.2) is 0 Å². The summed E-state index contributed by atoms with van der Waals surface area (Å²) in [4.78, 5) is 2.09. The third-order valence-electron chi connectivity index (χ3n) is 0.773. The number of nitrogens with two attached hydrogens (primary N) is 1. The molecule has 10 heavy (non-hydrogen) atoms. The standard InChI is InChI=1S/C6H14N2.2BrH/c1-8(2)6-4-3-5-7;;/h3-4H,5-7H2,1-2H3;2*1H. The van der Waals surface area contributed by atoms with Gasteiger partial charge < -0.3 is 10.6 Å². The topological polar surface area (TPSA) is 29.3 Å². The predicted molar refractivity (Wildman–Crippen MR) is 57.4 cm³/mol. The van der Waals surface area contributed by atoms with E-state index in [4.69, 9.17) is 5.73 Å². The molecule has 0 rings (SSSR count). The highest BCUT2D eigenvalue weighted by Gasteiger charge is 1.78. The molecule has 0 aliphatic carbocycles. The SMILES string of the molecule is Br.Br.CN(C)CC=CCN. The molecule has 0 amide bonds. The van der Waals surface area contributed by atoms with Gasteiger partial charge in [0.2, 0.25) is 0 Å². The number of likely N-dealkylation sites (N-methyl/N-ethyl adjacent to an activating group) is 1. The minimum absolute atomic E-state index is 0. The summed E-state index contributed by atoms with van der Waals surface area (Å²) in [6.07, 6.45) is 4.01. The number of halogens is 2. The lowest BCUT2D eigenvalue weighted by atomic mass is 10.5. The van der Waals surface area contributed by atoms with Crippen LogP contribution in [-0.2, 0) is 0 Å². The van der Waals surface area contributed by atoms with E-state index in [9.17, 15) is 0 Å². The van der Waals surface area contributed by atoms with Crippen molar-refractivity contribution in [3.63, 3.8) is 0 Å². The summed E-state index contributed by atoms with van der Waals surface area (Å²) < 4.78 is 0. The van der Waals surface area contributed by atoms with Crippen LogP contribution in [0.3, 0.4) is 0 Å². The Balaban J connectivity index is -0.000000245. The van der Waals surface area contributed by atoms with Crippen molar-refractivity contribution in [2.45, 2.75) is 0 Å². The normalized spacial score (nSPS) is 9.20. The quantitative estimate of drug-likeness (QED) is 0.785. The van der Waals surface area contributed by atoms with E-state index in [1.807, 2.05) is 20.2 Å². The molecule has 0 aromatic carbocycles. The third-order valence-corrected chi connectivity index (χ3v) is 0.773. The molecule has 0 atom stereocenters. The Bertz CT molecular complexity index is 74.1. The summed E-state index contributed by atoms with van der Waals surface area (Å²) in [6.45, 7) is 1.63. The van der Waals surface area contributed by atoms with Crippen LogP contribution in [-0.4, -0.2) is 32.1 Å². The van der Waals surface area contributed by atoms with Gasteiger partial charge in [-0.1, -0.05) is 12.2 Å². The highest BCUT2D eigenvalue weighted by atomic mass is 79.9. The van der Waals surface area contributed by atoms with Crippen molar-refractivity contribution >= 4 is 34.0 Å². The zero-order chi connectivity index (χ0) is 6.41. The second-order valence-corrected chi connectivity index (χ2v) is 1.97. The lowest BCUT2D eigenvalue weighted by Gasteiger charge is -2.02. The lowest BCUT2D eigenvalue weighted by molar-refractivity contribution is 0.456. The Labute approximate surface area is 84.0 Å². The van der Waals surface area contributed by atoms with Gasteiger partial charge in [-0.3, -0.25) is 0 Å². The van der Waals surface area contributed by atoms with E-state index in [0.29, 0.717) is 6.54 Å². The fourth-order valence-corrected chi connectivity index (χ4v) is 0.382. The minimum Gasteiger partial charge on any atom is -0.327 e. The van der Waals surface area contributed by atoms with Crippen LogP contribution < -0.4 is 5.73 Å². The maximum absolute atomic E-state index is 5.21. The van der Waals surface area contributed by atoms with Crippen LogP contribution in [0, 0.1) is 0 Å². The molecule has 0 saturated carbocycles. The van der Waals surface area contributed by atoms with E-state index >= 15 is 0 Å².